The third kappa shape index (κ3) is 5.33. The van der Waals surface area contributed by atoms with Crippen molar-refractivity contribution in [3.63, 3.8) is 0 Å². The topological polar surface area (TPSA) is 61.4 Å². The minimum atomic E-state index is -0.108. The summed E-state index contributed by atoms with van der Waals surface area (Å²) >= 11 is 0. The van der Waals surface area contributed by atoms with Crippen LogP contribution in [0.4, 0.5) is 11.4 Å². The molecule has 2 N–H and O–H groups in total. The lowest BCUT2D eigenvalue weighted by Gasteiger charge is -2.11. The molecule has 3 rings (SSSR count). The Hall–Kier alpha value is -3.34. The maximum absolute atomic E-state index is 12.3. The number of hydrogen-bond acceptors (Lipinski definition) is 3. The molecule has 0 aromatic heterocycles. The van der Waals surface area contributed by atoms with E-state index in [1.165, 1.54) is 0 Å². The molecule has 0 aliphatic rings. The maximum Gasteiger partial charge on any atom is 0.243 e. The molecule has 5 heteroatoms. The highest BCUT2D eigenvalue weighted by molar-refractivity contribution is 5.96. The van der Waals surface area contributed by atoms with E-state index in [1.807, 2.05) is 66.7 Å². The van der Waals surface area contributed by atoms with Crippen molar-refractivity contribution in [2.75, 3.05) is 31.3 Å². The summed E-state index contributed by atoms with van der Waals surface area (Å²) in [6.45, 7) is 0.174. The molecule has 0 bridgehead atoms. The quantitative estimate of drug-likeness (QED) is 0.658. The van der Waals surface area contributed by atoms with Gasteiger partial charge < -0.3 is 15.5 Å². The average molecular weight is 375 g/mol. The molecule has 28 heavy (non-hydrogen) atoms. The summed E-state index contributed by atoms with van der Waals surface area (Å²) in [7, 11) is 3.52. The molecule has 3 aromatic carbocycles. The Morgan fingerprint density at radius 2 is 1.64 bits per heavy atom. The van der Waals surface area contributed by atoms with Crippen molar-refractivity contribution >= 4 is 34.0 Å². The molecule has 0 spiro atoms. The van der Waals surface area contributed by atoms with Gasteiger partial charge in [-0.05, 0) is 47.0 Å². The van der Waals surface area contributed by atoms with Gasteiger partial charge in [0, 0.05) is 31.9 Å². The Morgan fingerprint density at radius 1 is 0.857 bits per heavy atom. The lowest BCUT2D eigenvalue weighted by atomic mass is 10.1. The molecule has 0 fully saturated rings. The molecule has 2 amide bonds. The summed E-state index contributed by atoms with van der Waals surface area (Å²) in [5, 5.41) is 8.30. The molecule has 0 aliphatic heterocycles. The minimum Gasteiger partial charge on any atom is -0.376 e. The van der Waals surface area contributed by atoms with Crippen LogP contribution < -0.4 is 10.6 Å². The summed E-state index contributed by atoms with van der Waals surface area (Å²) in [6, 6.07) is 21.7. The largest absolute Gasteiger partial charge is 0.376 e. The first-order valence-electron chi connectivity index (χ1n) is 9.33. The monoisotopic (exact) mass is 375 g/mol. The zero-order valence-corrected chi connectivity index (χ0v) is 16.2. The number of amides is 2. The average Bonchev–Trinajstić information content (AvgIpc) is 2.70. The molecule has 0 heterocycles. The summed E-state index contributed by atoms with van der Waals surface area (Å²) < 4.78 is 0. The fourth-order valence-electron chi connectivity index (χ4n) is 2.97. The number of nitrogens with zero attached hydrogens (tertiary/aromatic N) is 1. The molecular formula is C23H25N3O2. The van der Waals surface area contributed by atoms with E-state index in [4.69, 9.17) is 0 Å². The van der Waals surface area contributed by atoms with Gasteiger partial charge in [-0.1, -0.05) is 42.5 Å². The number of benzene rings is 3. The fourth-order valence-corrected chi connectivity index (χ4v) is 2.97. The van der Waals surface area contributed by atoms with Crippen molar-refractivity contribution in [3.8, 4) is 0 Å². The number of hydrogen-bond donors (Lipinski definition) is 2. The van der Waals surface area contributed by atoms with Gasteiger partial charge in [-0.2, -0.15) is 0 Å². The normalized spacial score (nSPS) is 10.5. The van der Waals surface area contributed by atoms with Crippen LogP contribution in [0.1, 0.15) is 12.0 Å². The molecule has 144 valence electrons. The van der Waals surface area contributed by atoms with Gasteiger partial charge in [0.05, 0.1) is 6.54 Å². The predicted molar refractivity (Wildman–Crippen MR) is 115 cm³/mol. The van der Waals surface area contributed by atoms with Crippen LogP contribution in [0.2, 0.25) is 0 Å². The first kappa shape index (κ1) is 19.4. The van der Waals surface area contributed by atoms with Crippen LogP contribution in [0, 0.1) is 0 Å². The molecular weight excluding hydrogens is 350 g/mol. The number of aryl methyl sites for hydroxylation is 1. The van der Waals surface area contributed by atoms with Crippen molar-refractivity contribution in [2.45, 2.75) is 12.8 Å². The summed E-state index contributed by atoms with van der Waals surface area (Å²) in [6.07, 6.45) is 1.15. The van der Waals surface area contributed by atoms with Gasteiger partial charge in [-0.15, -0.1) is 0 Å². The van der Waals surface area contributed by atoms with Crippen LogP contribution in [-0.4, -0.2) is 37.4 Å². The van der Waals surface area contributed by atoms with Gasteiger partial charge in [0.1, 0.15) is 0 Å². The highest BCUT2D eigenvalue weighted by atomic mass is 16.2. The molecule has 3 aromatic rings. The van der Waals surface area contributed by atoms with Crippen molar-refractivity contribution in [2.24, 2.45) is 0 Å². The van der Waals surface area contributed by atoms with Crippen molar-refractivity contribution in [1.82, 2.24) is 4.90 Å². The van der Waals surface area contributed by atoms with Gasteiger partial charge in [0.15, 0.2) is 0 Å². The molecule has 0 aliphatic carbocycles. The summed E-state index contributed by atoms with van der Waals surface area (Å²) in [4.78, 5) is 25.6. The first-order chi connectivity index (χ1) is 13.5. The third-order valence-corrected chi connectivity index (χ3v) is 4.54. The molecule has 0 atom stereocenters. The van der Waals surface area contributed by atoms with Gasteiger partial charge >= 0.3 is 0 Å². The SMILES string of the molecule is CN(C)C(=O)CCc1cccc(NCC(=O)Nc2ccc3ccccc3c2)c1. The number of carbonyl (C=O) groups is 2. The molecule has 0 unspecified atom stereocenters. The second-order valence-electron chi connectivity index (χ2n) is 6.95. The zero-order valence-electron chi connectivity index (χ0n) is 16.2. The lowest BCUT2D eigenvalue weighted by molar-refractivity contribution is -0.128. The van der Waals surface area contributed by atoms with Gasteiger partial charge in [0.2, 0.25) is 11.8 Å². The zero-order chi connectivity index (χ0) is 19.9. The van der Waals surface area contributed by atoms with Crippen molar-refractivity contribution in [1.29, 1.82) is 0 Å². The second kappa shape index (κ2) is 9.04. The van der Waals surface area contributed by atoms with E-state index < -0.39 is 0 Å². The van der Waals surface area contributed by atoms with E-state index >= 15 is 0 Å². The number of anilines is 2. The standard InChI is InChI=1S/C23H25N3O2/c1-26(2)23(28)13-10-17-6-5-9-20(14-17)24-16-22(27)25-21-12-11-18-7-3-4-8-19(18)15-21/h3-9,11-12,14-15,24H,10,13,16H2,1-2H3,(H,25,27). The van der Waals surface area contributed by atoms with Gasteiger partial charge in [-0.25, -0.2) is 0 Å². The Labute approximate surface area is 165 Å². The first-order valence-corrected chi connectivity index (χ1v) is 9.33. The van der Waals surface area contributed by atoms with E-state index in [9.17, 15) is 9.59 Å². The highest BCUT2D eigenvalue weighted by Gasteiger charge is 2.06. The van der Waals surface area contributed by atoms with E-state index in [0.717, 1.165) is 27.7 Å². The van der Waals surface area contributed by atoms with Gasteiger partial charge in [-0.3, -0.25) is 9.59 Å². The maximum atomic E-state index is 12.3. The van der Waals surface area contributed by atoms with Crippen molar-refractivity contribution in [3.05, 3.63) is 72.3 Å². The van der Waals surface area contributed by atoms with Gasteiger partial charge in [0.25, 0.3) is 0 Å². The third-order valence-electron chi connectivity index (χ3n) is 4.54. The Bertz CT molecular complexity index is 982. The Balaban J connectivity index is 1.53. The molecule has 5 nitrogen and oxygen atoms in total. The van der Waals surface area contributed by atoms with Crippen LogP contribution >= 0.6 is 0 Å². The predicted octanol–water partition coefficient (Wildman–Crippen LogP) is 3.91. The summed E-state index contributed by atoms with van der Waals surface area (Å²) in [5.74, 6) is -0.00315. The van der Waals surface area contributed by atoms with E-state index in [1.54, 1.807) is 19.0 Å². The number of rotatable bonds is 7. The van der Waals surface area contributed by atoms with Crippen molar-refractivity contribution < 1.29 is 9.59 Å². The lowest BCUT2D eigenvalue weighted by Crippen LogP contribution is -2.22. The van der Waals surface area contributed by atoms with E-state index in [0.29, 0.717) is 12.8 Å². The Kier molecular flexibility index (Phi) is 6.27. The molecule has 0 saturated carbocycles. The minimum absolute atomic E-state index is 0.105. The van der Waals surface area contributed by atoms with E-state index in [2.05, 4.69) is 10.6 Å². The summed E-state index contributed by atoms with van der Waals surface area (Å²) in [5.41, 5.74) is 2.71. The van der Waals surface area contributed by atoms with E-state index in [-0.39, 0.29) is 18.4 Å². The smallest absolute Gasteiger partial charge is 0.243 e. The van der Waals surface area contributed by atoms with Crippen LogP contribution in [-0.2, 0) is 16.0 Å². The number of fused-ring (bicyclic) bond motifs is 1. The molecule has 0 saturated heterocycles. The van der Waals surface area contributed by atoms with Crippen LogP contribution in [0.5, 0.6) is 0 Å². The van der Waals surface area contributed by atoms with Crippen LogP contribution in [0.25, 0.3) is 10.8 Å². The van der Waals surface area contributed by atoms with Crippen LogP contribution in [0.3, 0.4) is 0 Å². The molecule has 0 radical (unpaired) electrons. The number of carbonyl (C=O) groups excluding carboxylic acids is 2. The Morgan fingerprint density at radius 3 is 2.43 bits per heavy atom. The highest BCUT2D eigenvalue weighted by Crippen LogP contribution is 2.19. The van der Waals surface area contributed by atoms with Crippen LogP contribution in [0.15, 0.2) is 66.7 Å². The fraction of sp³-hybridized carbons (Fsp3) is 0.217. The second-order valence-corrected chi connectivity index (χ2v) is 6.95. The number of nitrogens with one attached hydrogen (secondary N) is 2.